The van der Waals surface area contributed by atoms with Crippen molar-refractivity contribution in [2.24, 2.45) is 0 Å². The largest absolute Gasteiger partial charge is 0.495 e. The van der Waals surface area contributed by atoms with E-state index in [-0.39, 0.29) is 23.0 Å². The number of hydrogen-bond acceptors (Lipinski definition) is 8. The van der Waals surface area contributed by atoms with Crippen molar-refractivity contribution in [3.63, 3.8) is 0 Å². The van der Waals surface area contributed by atoms with E-state index in [4.69, 9.17) is 21.1 Å². The van der Waals surface area contributed by atoms with Crippen LogP contribution in [0.2, 0.25) is 5.02 Å². The molecule has 3 N–H and O–H groups in total. The van der Waals surface area contributed by atoms with Gasteiger partial charge < -0.3 is 25.4 Å². The number of hydrogen-bond donors (Lipinski definition) is 3. The summed E-state index contributed by atoms with van der Waals surface area (Å²) < 4.78 is 10.5. The van der Waals surface area contributed by atoms with Gasteiger partial charge >= 0.3 is 0 Å². The fraction of sp³-hybridized carbons (Fsp3) is 0.0938. The number of nitro benzene ring substituents is 1. The Morgan fingerprint density at radius 2 is 1.56 bits per heavy atom. The standard InChI is InChI=1S/C32H27ClN4O7S/c1-43-28-18-29(44-2)26(17-25(28)33)35-30(38)19-45-24-14-10-22(11-15-24)34-32(40)27(36-31(39)21-6-4-3-5-7-21)16-20-8-12-23(13-9-20)37(41)42/h3-18H,19H2,1-2H3,(H,34,40)(H,35,38)(H,36,39)/b27-16-. The molecule has 0 bridgehead atoms. The van der Waals surface area contributed by atoms with Crippen molar-refractivity contribution in [3.8, 4) is 11.5 Å². The molecule has 4 aromatic rings. The van der Waals surface area contributed by atoms with Crippen LogP contribution in [0.4, 0.5) is 17.1 Å². The normalized spacial score (nSPS) is 10.9. The molecule has 11 nitrogen and oxygen atoms in total. The highest BCUT2D eigenvalue weighted by Crippen LogP contribution is 2.36. The first-order valence-electron chi connectivity index (χ1n) is 13.2. The monoisotopic (exact) mass is 646 g/mol. The number of non-ortho nitro benzene ring substituents is 1. The molecule has 0 fully saturated rings. The van der Waals surface area contributed by atoms with Gasteiger partial charge in [-0.25, -0.2) is 0 Å². The maximum Gasteiger partial charge on any atom is 0.272 e. The van der Waals surface area contributed by atoms with E-state index in [1.807, 2.05) is 0 Å². The van der Waals surface area contributed by atoms with Crippen molar-refractivity contribution in [2.75, 3.05) is 30.6 Å². The number of ether oxygens (including phenoxy) is 2. The number of anilines is 2. The summed E-state index contributed by atoms with van der Waals surface area (Å²) in [6.07, 6.45) is 1.42. The summed E-state index contributed by atoms with van der Waals surface area (Å²) in [5.74, 6) is -0.487. The van der Waals surface area contributed by atoms with Gasteiger partial charge in [-0.2, -0.15) is 0 Å². The zero-order valence-corrected chi connectivity index (χ0v) is 25.6. The Balaban J connectivity index is 1.42. The molecule has 0 saturated heterocycles. The summed E-state index contributed by atoms with van der Waals surface area (Å²) in [7, 11) is 2.95. The SMILES string of the molecule is COc1cc(OC)c(NC(=O)CSc2ccc(NC(=O)/C(=C/c3ccc([N+](=O)[O-])cc3)NC(=O)c3ccccc3)cc2)cc1Cl. The Labute approximate surface area is 267 Å². The highest BCUT2D eigenvalue weighted by molar-refractivity contribution is 8.00. The lowest BCUT2D eigenvalue weighted by Gasteiger charge is -2.13. The van der Waals surface area contributed by atoms with E-state index in [1.54, 1.807) is 66.7 Å². The lowest BCUT2D eigenvalue weighted by molar-refractivity contribution is -0.384. The Bertz CT molecular complexity index is 1730. The third-order valence-corrected chi connectivity index (χ3v) is 7.48. The number of nitrogens with zero attached hydrogens (tertiary/aromatic N) is 1. The number of nitro groups is 1. The smallest absolute Gasteiger partial charge is 0.272 e. The van der Waals surface area contributed by atoms with Crippen LogP contribution in [0.1, 0.15) is 15.9 Å². The fourth-order valence-electron chi connectivity index (χ4n) is 3.93. The number of amides is 3. The molecule has 0 aliphatic carbocycles. The molecule has 13 heteroatoms. The molecule has 4 aromatic carbocycles. The van der Waals surface area contributed by atoms with E-state index in [9.17, 15) is 24.5 Å². The van der Waals surface area contributed by atoms with Gasteiger partial charge in [0.1, 0.15) is 17.2 Å². The molecule has 0 saturated carbocycles. The van der Waals surface area contributed by atoms with Gasteiger partial charge in [-0.3, -0.25) is 24.5 Å². The Kier molecular flexibility index (Phi) is 11.2. The van der Waals surface area contributed by atoms with Crippen molar-refractivity contribution < 1.29 is 28.8 Å². The average molecular weight is 647 g/mol. The molecule has 0 aliphatic heterocycles. The van der Waals surface area contributed by atoms with E-state index in [0.717, 1.165) is 4.90 Å². The van der Waals surface area contributed by atoms with Crippen LogP contribution >= 0.6 is 23.4 Å². The quantitative estimate of drug-likeness (QED) is 0.0692. The van der Waals surface area contributed by atoms with Crippen LogP contribution in [0.15, 0.2) is 102 Å². The zero-order valence-electron chi connectivity index (χ0n) is 24.0. The van der Waals surface area contributed by atoms with Gasteiger partial charge in [0.05, 0.1) is 35.6 Å². The molecule has 230 valence electrons. The molecule has 0 heterocycles. The zero-order chi connectivity index (χ0) is 32.3. The van der Waals surface area contributed by atoms with Crippen LogP contribution in [-0.2, 0) is 9.59 Å². The van der Waals surface area contributed by atoms with Gasteiger partial charge in [-0.15, -0.1) is 11.8 Å². The summed E-state index contributed by atoms with van der Waals surface area (Å²) in [6, 6.07) is 23.9. The molecule has 0 aromatic heterocycles. The first-order valence-corrected chi connectivity index (χ1v) is 14.6. The van der Waals surface area contributed by atoms with Gasteiger partial charge in [0.25, 0.3) is 17.5 Å². The minimum atomic E-state index is -0.607. The second-order valence-electron chi connectivity index (χ2n) is 9.23. The molecule has 45 heavy (non-hydrogen) atoms. The van der Waals surface area contributed by atoms with Crippen molar-refractivity contribution in [1.29, 1.82) is 0 Å². The van der Waals surface area contributed by atoms with Gasteiger partial charge in [-0.05, 0) is 66.2 Å². The fourth-order valence-corrected chi connectivity index (χ4v) is 4.87. The number of methoxy groups -OCH3 is 2. The number of nitrogens with one attached hydrogen (secondary N) is 3. The molecule has 0 radical (unpaired) electrons. The maximum absolute atomic E-state index is 13.3. The van der Waals surface area contributed by atoms with Gasteiger partial charge in [0.15, 0.2) is 0 Å². The number of thioether (sulfide) groups is 1. The first-order chi connectivity index (χ1) is 21.7. The van der Waals surface area contributed by atoms with Crippen molar-refractivity contribution >= 4 is 64.2 Å². The van der Waals surface area contributed by atoms with Crippen LogP contribution in [0.3, 0.4) is 0 Å². The van der Waals surface area contributed by atoms with E-state index < -0.39 is 16.7 Å². The molecule has 0 aliphatic rings. The third kappa shape index (κ3) is 9.08. The number of benzene rings is 4. The second kappa shape index (κ2) is 15.4. The van der Waals surface area contributed by atoms with Gasteiger partial charge in [0, 0.05) is 34.3 Å². The predicted octanol–water partition coefficient (Wildman–Crippen LogP) is 6.41. The number of rotatable bonds is 12. The Hall–Kier alpha value is -5.33. The summed E-state index contributed by atoms with van der Waals surface area (Å²) >= 11 is 7.46. The second-order valence-corrected chi connectivity index (χ2v) is 10.7. The van der Waals surface area contributed by atoms with Crippen LogP contribution in [0.5, 0.6) is 11.5 Å². The predicted molar refractivity (Wildman–Crippen MR) is 174 cm³/mol. The first kappa shape index (κ1) is 32.6. The Morgan fingerprint density at radius 3 is 2.18 bits per heavy atom. The topological polar surface area (TPSA) is 149 Å². The average Bonchev–Trinajstić information content (AvgIpc) is 3.05. The van der Waals surface area contributed by atoms with E-state index in [0.29, 0.717) is 39.0 Å². The number of carbonyl (C=O) groups is 3. The Morgan fingerprint density at radius 1 is 0.889 bits per heavy atom. The van der Waals surface area contributed by atoms with Gasteiger partial charge in [-0.1, -0.05) is 29.8 Å². The van der Waals surface area contributed by atoms with E-state index >= 15 is 0 Å². The minimum absolute atomic E-state index is 0.0677. The highest BCUT2D eigenvalue weighted by atomic mass is 35.5. The minimum Gasteiger partial charge on any atom is -0.495 e. The molecule has 4 rings (SSSR count). The van der Waals surface area contributed by atoms with E-state index in [1.165, 1.54) is 56.3 Å². The molecule has 3 amide bonds. The molecule has 0 spiro atoms. The lowest BCUT2D eigenvalue weighted by atomic mass is 10.1. The maximum atomic E-state index is 13.3. The summed E-state index contributed by atoms with van der Waals surface area (Å²) in [5, 5.41) is 19.5. The van der Waals surface area contributed by atoms with Crippen LogP contribution in [0.25, 0.3) is 6.08 Å². The summed E-state index contributed by atoms with van der Waals surface area (Å²) in [4.78, 5) is 50.0. The van der Waals surface area contributed by atoms with Crippen molar-refractivity contribution in [1.82, 2.24) is 5.32 Å². The van der Waals surface area contributed by atoms with E-state index in [2.05, 4.69) is 16.0 Å². The molecule has 0 unspecified atom stereocenters. The van der Waals surface area contributed by atoms with Crippen molar-refractivity contribution in [2.45, 2.75) is 4.90 Å². The van der Waals surface area contributed by atoms with Gasteiger partial charge in [0.2, 0.25) is 5.91 Å². The lowest BCUT2D eigenvalue weighted by Crippen LogP contribution is -2.30. The van der Waals surface area contributed by atoms with Crippen LogP contribution < -0.4 is 25.4 Å². The highest BCUT2D eigenvalue weighted by Gasteiger charge is 2.16. The molecular weight excluding hydrogens is 620 g/mol. The summed E-state index contributed by atoms with van der Waals surface area (Å²) in [5.41, 5.74) is 1.49. The number of halogens is 1. The number of carbonyl (C=O) groups excluding carboxylic acids is 3. The van der Waals surface area contributed by atoms with Crippen LogP contribution in [0, 0.1) is 10.1 Å². The molecule has 0 atom stereocenters. The third-order valence-electron chi connectivity index (χ3n) is 6.17. The summed E-state index contributed by atoms with van der Waals surface area (Å²) in [6.45, 7) is 0. The molecular formula is C32H27ClN4O7S. The van der Waals surface area contributed by atoms with Crippen molar-refractivity contribution in [3.05, 3.63) is 123 Å². The van der Waals surface area contributed by atoms with Crippen LogP contribution in [-0.4, -0.2) is 42.6 Å².